The Morgan fingerprint density at radius 2 is 1.73 bits per heavy atom. The standard InChI is InChI=1S/C29H28F6N2O3S/c1-39-24-13-17(14-25-26(38)36-27(41-25)37-12-4-6-18-5-2-3-7-22(18)37)8-11-23(24)40-16-19-9-10-20(28(30,31)32)15-21(19)29(33,34)35/h8-11,13-15,18,22H,2-7,12,16H2,1H3/b25-14+. The van der Waals surface area contributed by atoms with Crippen LogP contribution in [0.3, 0.4) is 0 Å². The lowest BCUT2D eigenvalue weighted by molar-refractivity contribution is -0.143. The SMILES string of the molecule is COc1cc(/C=C2/SC(N3CCCC4CCCCC43)=NC2=O)ccc1OCc1ccc(C(F)(F)F)cc1C(F)(F)F. The summed E-state index contributed by atoms with van der Waals surface area (Å²) in [6.45, 7) is 0.246. The molecule has 2 aromatic rings. The van der Waals surface area contributed by atoms with Crippen molar-refractivity contribution in [1.29, 1.82) is 0 Å². The van der Waals surface area contributed by atoms with Crippen molar-refractivity contribution in [1.82, 2.24) is 4.90 Å². The van der Waals surface area contributed by atoms with Gasteiger partial charge >= 0.3 is 12.4 Å². The Morgan fingerprint density at radius 3 is 2.46 bits per heavy atom. The van der Waals surface area contributed by atoms with Gasteiger partial charge in [0.25, 0.3) is 5.91 Å². The van der Waals surface area contributed by atoms with Crippen LogP contribution in [0.5, 0.6) is 11.5 Å². The van der Waals surface area contributed by atoms with Crippen molar-refractivity contribution in [3.63, 3.8) is 0 Å². The maximum atomic E-state index is 13.5. The Morgan fingerprint density at radius 1 is 0.976 bits per heavy atom. The molecular weight excluding hydrogens is 570 g/mol. The first kappa shape index (κ1) is 29.3. The molecule has 5 rings (SSSR count). The van der Waals surface area contributed by atoms with Crippen molar-refractivity contribution in [3.05, 3.63) is 63.6 Å². The minimum Gasteiger partial charge on any atom is -0.493 e. The molecule has 5 nitrogen and oxygen atoms in total. The van der Waals surface area contributed by atoms with E-state index in [1.165, 1.54) is 50.6 Å². The average Bonchev–Trinajstić information content (AvgIpc) is 3.30. The van der Waals surface area contributed by atoms with Crippen LogP contribution in [0.15, 0.2) is 46.3 Å². The van der Waals surface area contributed by atoms with Gasteiger partial charge in [0.1, 0.15) is 6.61 Å². The number of rotatable bonds is 5. The predicted molar refractivity (Wildman–Crippen MR) is 143 cm³/mol. The third-order valence-electron chi connectivity index (χ3n) is 7.71. The fraction of sp³-hybridized carbons (Fsp3) is 0.448. The van der Waals surface area contributed by atoms with Crippen molar-refractivity contribution in [3.8, 4) is 11.5 Å². The Bertz CT molecular complexity index is 1370. The third kappa shape index (κ3) is 6.52. The molecule has 2 atom stereocenters. The van der Waals surface area contributed by atoms with Crippen molar-refractivity contribution >= 4 is 28.9 Å². The molecule has 2 aromatic carbocycles. The molecule has 0 radical (unpaired) electrons. The Kier molecular flexibility index (Phi) is 8.31. The van der Waals surface area contributed by atoms with Crippen molar-refractivity contribution < 1.29 is 40.6 Å². The van der Waals surface area contributed by atoms with Crippen LogP contribution in [0.4, 0.5) is 26.3 Å². The molecular formula is C29H28F6N2O3S. The number of halogens is 6. The second-order valence-electron chi connectivity index (χ2n) is 10.3. The lowest BCUT2D eigenvalue weighted by Crippen LogP contribution is -2.48. The van der Waals surface area contributed by atoms with E-state index in [0.29, 0.717) is 28.5 Å². The maximum Gasteiger partial charge on any atom is 0.416 e. The van der Waals surface area contributed by atoms with Crippen molar-refractivity contribution in [2.75, 3.05) is 13.7 Å². The van der Waals surface area contributed by atoms with Crippen LogP contribution in [-0.2, 0) is 23.8 Å². The fourth-order valence-corrected chi connectivity index (χ4v) is 6.72. The quantitative estimate of drug-likeness (QED) is 0.258. The highest BCUT2D eigenvalue weighted by molar-refractivity contribution is 8.18. The van der Waals surface area contributed by atoms with Crippen LogP contribution in [0, 0.1) is 5.92 Å². The number of carbonyl (C=O) groups excluding carboxylic acids is 1. The van der Waals surface area contributed by atoms with E-state index in [1.54, 1.807) is 18.2 Å². The minimum atomic E-state index is -5.00. The van der Waals surface area contributed by atoms with Gasteiger partial charge in [0.15, 0.2) is 16.7 Å². The van der Waals surface area contributed by atoms with E-state index >= 15 is 0 Å². The highest BCUT2D eigenvalue weighted by Gasteiger charge is 2.39. The monoisotopic (exact) mass is 598 g/mol. The second kappa shape index (κ2) is 11.6. The summed E-state index contributed by atoms with van der Waals surface area (Å²) in [6, 6.07) is 6.51. The molecule has 2 unspecified atom stereocenters. The fourth-order valence-electron chi connectivity index (χ4n) is 5.73. The summed E-state index contributed by atoms with van der Waals surface area (Å²) in [6.07, 6.45) is -1.22. The number of carbonyl (C=O) groups is 1. The Hall–Kier alpha value is -3.15. The molecule has 12 heteroatoms. The molecule has 41 heavy (non-hydrogen) atoms. The highest BCUT2D eigenvalue weighted by atomic mass is 32.2. The maximum absolute atomic E-state index is 13.5. The lowest BCUT2D eigenvalue weighted by Gasteiger charge is -2.44. The normalized spacial score (nSPS) is 22.5. The van der Waals surface area contributed by atoms with Gasteiger partial charge in [-0.1, -0.05) is 25.0 Å². The molecule has 0 bridgehead atoms. The van der Waals surface area contributed by atoms with Crippen LogP contribution >= 0.6 is 11.8 Å². The summed E-state index contributed by atoms with van der Waals surface area (Å²) in [5.74, 6) is 0.596. The molecule has 2 heterocycles. The molecule has 1 saturated carbocycles. The molecule has 0 aromatic heterocycles. The van der Waals surface area contributed by atoms with Crippen LogP contribution in [0.1, 0.15) is 60.8 Å². The number of methoxy groups -OCH3 is 1. The molecule has 2 aliphatic heterocycles. The van der Waals surface area contributed by atoms with Crippen molar-refractivity contribution in [2.45, 2.75) is 63.5 Å². The van der Waals surface area contributed by atoms with E-state index < -0.39 is 35.6 Å². The molecule has 0 N–H and O–H groups in total. The summed E-state index contributed by atoms with van der Waals surface area (Å²) in [5, 5.41) is 0.724. The van der Waals surface area contributed by atoms with Gasteiger partial charge in [0.05, 0.1) is 23.1 Å². The number of alkyl halides is 6. The number of piperidine rings is 1. The first-order chi connectivity index (χ1) is 19.4. The summed E-state index contributed by atoms with van der Waals surface area (Å²) >= 11 is 1.34. The highest BCUT2D eigenvalue weighted by Crippen LogP contribution is 2.41. The number of ether oxygens (including phenoxy) is 2. The number of hydrogen-bond acceptors (Lipinski definition) is 5. The van der Waals surface area contributed by atoms with Gasteiger partial charge in [-0.25, -0.2) is 0 Å². The Balaban J connectivity index is 1.30. The van der Waals surface area contributed by atoms with E-state index in [0.717, 1.165) is 30.6 Å². The molecule has 1 saturated heterocycles. The topological polar surface area (TPSA) is 51.1 Å². The van der Waals surface area contributed by atoms with Gasteiger partial charge in [-0.3, -0.25) is 4.79 Å². The number of fused-ring (bicyclic) bond motifs is 1. The number of aliphatic imine (C=N–C) groups is 1. The lowest BCUT2D eigenvalue weighted by atomic mass is 9.78. The van der Waals surface area contributed by atoms with Gasteiger partial charge < -0.3 is 14.4 Å². The molecule has 1 amide bonds. The van der Waals surface area contributed by atoms with Gasteiger partial charge in [0, 0.05) is 18.2 Å². The van der Waals surface area contributed by atoms with Crippen LogP contribution in [0.25, 0.3) is 6.08 Å². The summed E-state index contributed by atoms with van der Waals surface area (Å²) in [4.78, 5) is 19.8. The number of amidine groups is 1. The van der Waals surface area contributed by atoms with Crippen LogP contribution in [-0.4, -0.2) is 35.7 Å². The number of likely N-dealkylation sites (tertiary alicyclic amines) is 1. The zero-order chi connectivity index (χ0) is 29.4. The number of amides is 1. The smallest absolute Gasteiger partial charge is 0.416 e. The third-order valence-corrected chi connectivity index (χ3v) is 8.73. The molecule has 2 fully saturated rings. The van der Waals surface area contributed by atoms with E-state index in [1.807, 2.05) is 0 Å². The number of hydrogen-bond donors (Lipinski definition) is 0. The van der Waals surface area contributed by atoms with Gasteiger partial charge in [-0.05, 0) is 79.3 Å². The zero-order valence-electron chi connectivity index (χ0n) is 22.1. The minimum absolute atomic E-state index is 0.0795. The van der Waals surface area contributed by atoms with Gasteiger partial charge in [0.2, 0.25) is 0 Å². The zero-order valence-corrected chi connectivity index (χ0v) is 23.0. The Labute approximate surface area is 237 Å². The van der Waals surface area contributed by atoms with E-state index in [2.05, 4.69) is 9.89 Å². The largest absolute Gasteiger partial charge is 0.493 e. The summed E-state index contributed by atoms with van der Waals surface area (Å²) in [5.41, 5.74) is -2.67. The van der Waals surface area contributed by atoms with E-state index in [-0.39, 0.29) is 23.5 Å². The predicted octanol–water partition coefficient (Wildman–Crippen LogP) is 7.94. The summed E-state index contributed by atoms with van der Waals surface area (Å²) < 4.78 is 90.3. The van der Waals surface area contributed by atoms with Crippen LogP contribution in [0.2, 0.25) is 0 Å². The second-order valence-corrected chi connectivity index (χ2v) is 11.3. The first-order valence-electron chi connectivity index (χ1n) is 13.3. The van der Waals surface area contributed by atoms with Gasteiger partial charge in [-0.2, -0.15) is 31.3 Å². The van der Waals surface area contributed by atoms with Crippen LogP contribution < -0.4 is 9.47 Å². The average molecular weight is 599 g/mol. The number of thioether (sulfide) groups is 1. The van der Waals surface area contributed by atoms with E-state index in [9.17, 15) is 31.1 Å². The molecule has 0 spiro atoms. The van der Waals surface area contributed by atoms with E-state index in [4.69, 9.17) is 9.47 Å². The molecule has 1 aliphatic carbocycles. The molecule has 3 aliphatic rings. The van der Waals surface area contributed by atoms with Crippen molar-refractivity contribution in [2.24, 2.45) is 10.9 Å². The molecule has 220 valence electrons. The first-order valence-corrected chi connectivity index (χ1v) is 14.1. The number of benzene rings is 2. The summed E-state index contributed by atoms with van der Waals surface area (Å²) in [7, 11) is 1.35. The van der Waals surface area contributed by atoms with Gasteiger partial charge in [-0.15, -0.1) is 0 Å². The number of nitrogens with zero attached hydrogens (tertiary/aromatic N) is 2.